The third-order valence-corrected chi connectivity index (χ3v) is 5.95. The Labute approximate surface area is 107 Å². The molecule has 1 N–H and O–H groups in total. The smallest absolute Gasteiger partial charge is 0.210 e. The summed E-state index contributed by atoms with van der Waals surface area (Å²) in [7, 11) is -3.38. The van der Waals surface area contributed by atoms with Gasteiger partial charge in [-0.25, -0.2) is 13.1 Å². The van der Waals surface area contributed by atoms with Crippen molar-refractivity contribution in [2.24, 2.45) is 5.92 Å². The normalized spacial score (nSPS) is 14.1. The summed E-state index contributed by atoms with van der Waals surface area (Å²) in [6.07, 6.45) is 0. The molecule has 1 unspecified atom stereocenters. The molecule has 0 amide bonds. The fraction of sp³-hybridized carbons (Fsp3) is 0.500. The van der Waals surface area contributed by atoms with Gasteiger partial charge in [-0.15, -0.1) is 11.3 Å². The zero-order chi connectivity index (χ0) is 11.5. The van der Waals surface area contributed by atoms with Crippen LogP contribution in [-0.4, -0.2) is 20.3 Å². The topological polar surface area (TPSA) is 46.2 Å². The van der Waals surface area contributed by atoms with Gasteiger partial charge in [-0.1, -0.05) is 34.5 Å². The molecule has 0 aliphatic rings. The molecule has 0 aromatic carbocycles. The van der Waals surface area contributed by atoms with E-state index >= 15 is 0 Å². The number of sulfonamides is 1. The number of rotatable bonds is 5. The van der Waals surface area contributed by atoms with E-state index in [1.165, 1.54) is 6.07 Å². The number of thiophene rings is 1. The molecule has 7 heteroatoms. The van der Waals surface area contributed by atoms with Crippen molar-refractivity contribution >= 4 is 48.9 Å². The van der Waals surface area contributed by atoms with Gasteiger partial charge in [-0.05, 0) is 18.1 Å². The standard InChI is InChI=1S/C8H11BrClNO2S2/c1-6(4-9)5-11-15(12,13)8-3-2-7(10)14-8/h2-3,6,11H,4-5H2,1H3. The van der Waals surface area contributed by atoms with Crippen LogP contribution in [0.25, 0.3) is 0 Å². The quantitative estimate of drug-likeness (QED) is 0.843. The molecule has 0 fully saturated rings. The second-order valence-corrected chi connectivity index (χ2v) is 7.53. The third kappa shape index (κ3) is 4.03. The highest BCUT2D eigenvalue weighted by Crippen LogP contribution is 2.25. The molecular formula is C8H11BrClNO2S2. The van der Waals surface area contributed by atoms with Gasteiger partial charge in [0.05, 0.1) is 4.34 Å². The Balaban J connectivity index is 2.68. The lowest BCUT2D eigenvalue weighted by molar-refractivity contribution is 0.565. The summed E-state index contributed by atoms with van der Waals surface area (Å²) in [5.74, 6) is 0.259. The predicted molar refractivity (Wildman–Crippen MR) is 67.5 cm³/mol. The molecule has 0 spiro atoms. The molecule has 0 aliphatic heterocycles. The minimum absolute atomic E-state index is 0.259. The van der Waals surface area contributed by atoms with E-state index in [0.717, 1.165) is 16.7 Å². The minimum atomic E-state index is -3.38. The van der Waals surface area contributed by atoms with Crippen molar-refractivity contribution in [3.63, 3.8) is 0 Å². The fourth-order valence-corrected chi connectivity index (χ4v) is 3.74. The molecule has 1 aromatic rings. The van der Waals surface area contributed by atoms with Crippen molar-refractivity contribution in [3.05, 3.63) is 16.5 Å². The van der Waals surface area contributed by atoms with Gasteiger partial charge >= 0.3 is 0 Å². The summed E-state index contributed by atoms with van der Waals surface area (Å²) in [6, 6.07) is 3.09. The lowest BCUT2D eigenvalue weighted by Gasteiger charge is -2.08. The third-order valence-electron chi connectivity index (χ3n) is 1.70. The lowest BCUT2D eigenvalue weighted by atomic mass is 10.2. The average molecular weight is 333 g/mol. The highest BCUT2D eigenvalue weighted by atomic mass is 79.9. The van der Waals surface area contributed by atoms with Crippen LogP contribution in [0.5, 0.6) is 0 Å². The van der Waals surface area contributed by atoms with Gasteiger partial charge in [-0.3, -0.25) is 0 Å². The van der Waals surface area contributed by atoms with Crippen molar-refractivity contribution in [2.75, 3.05) is 11.9 Å². The molecule has 0 radical (unpaired) electrons. The first-order valence-corrected chi connectivity index (χ1v) is 8.06. The van der Waals surface area contributed by atoms with Crippen molar-refractivity contribution in [1.82, 2.24) is 4.72 Å². The van der Waals surface area contributed by atoms with Gasteiger partial charge in [0.15, 0.2) is 0 Å². The van der Waals surface area contributed by atoms with Gasteiger partial charge in [-0.2, -0.15) is 0 Å². The summed E-state index contributed by atoms with van der Waals surface area (Å²) in [5.41, 5.74) is 0. The van der Waals surface area contributed by atoms with Crippen LogP contribution < -0.4 is 4.72 Å². The SMILES string of the molecule is CC(CBr)CNS(=O)(=O)c1ccc(Cl)s1. The van der Waals surface area contributed by atoms with Crippen LogP contribution in [0.3, 0.4) is 0 Å². The summed E-state index contributed by atoms with van der Waals surface area (Å²) in [6.45, 7) is 2.38. The molecule has 1 heterocycles. The molecule has 0 aliphatic carbocycles. The summed E-state index contributed by atoms with van der Waals surface area (Å²) < 4.78 is 26.7. The molecule has 0 saturated carbocycles. The molecule has 1 rings (SSSR count). The number of hydrogen-bond acceptors (Lipinski definition) is 3. The Morgan fingerprint density at radius 1 is 1.60 bits per heavy atom. The first kappa shape index (κ1) is 13.4. The van der Waals surface area contributed by atoms with Crippen molar-refractivity contribution < 1.29 is 8.42 Å². The number of alkyl halides is 1. The van der Waals surface area contributed by atoms with Crippen LogP contribution in [-0.2, 0) is 10.0 Å². The van der Waals surface area contributed by atoms with Crippen LogP contribution in [0.2, 0.25) is 4.34 Å². The number of nitrogens with one attached hydrogen (secondary N) is 1. The maximum atomic E-state index is 11.7. The van der Waals surface area contributed by atoms with E-state index < -0.39 is 10.0 Å². The molecule has 0 saturated heterocycles. The summed E-state index contributed by atoms with van der Waals surface area (Å²) >= 11 is 10.0. The van der Waals surface area contributed by atoms with Gasteiger partial charge in [0.2, 0.25) is 10.0 Å². The summed E-state index contributed by atoms with van der Waals surface area (Å²) in [5, 5.41) is 0.765. The average Bonchev–Trinajstić information content (AvgIpc) is 2.62. The Bertz CT molecular complexity index is 418. The first-order chi connectivity index (χ1) is 6.95. The molecule has 15 heavy (non-hydrogen) atoms. The van der Waals surface area contributed by atoms with E-state index in [9.17, 15) is 8.42 Å². The number of halogens is 2. The molecule has 0 bridgehead atoms. The van der Waals surface area contributed by atoms with Crippen LogP contribution >= 0.6 is 38.9 Å². The van der Waals surface area contributed by atoms with Crippen molar-refractivity contribution in [3.8, 4) is 0 Å². The van der Waals surface area contributed by atoms with E-state index in [0.29, 0.717) is 10.9 Å². The zero-order valence-electron chi connectivity index (χ0n) is 8.04. The predicted octanol–water partition coefficient (Wildman–Crippen LogP) is 2.71. The van der Waals surface area contributed by atoms with Crippen LogP contribution in [0, 0.1) is 5.92 Å². The maximum Gasteiger partial charge on any atom is 0.250 e. The van der Waals surface area contributed by atoms with Gasteiger partial charge in [0, 0.05) is 11.9 Å². The Hall–Kier alpha value is 0.380. The maximum absolute atomic E-state index is 11.7. The van der Waals surface area contributed by atoms with Crippen molar-refractivity contribution in [1.29, 1.82) is 0 Å². The van der Waals surface area contributed by atoms with Gasteiger partial charge < -0.3 is 0 Å². The molecule has 86 valence electrons. The molecular weight excluding hydrogens is 322 g/mol. The largest absolute Gasteiger partial charge is 0.250 e. The van der Waals surface area contributed by atoms with Gasteiger partial charge in [0.1, 0.15) is 4.21 Å². The van der Waals surface area contributed by atoms with Gasteiger partial charge in [0.25, 0.3) is 0 Å². The monoisotopic (exact) mass is 331 g/mol. The Kier molecular flexibility index (Phi) is 5.05. The lowest BCUT2D eigenvalue weighted by Crippen LogP contribution is -2.28. The second kappa shape index (κ2) is 5.63. The van der Waals surface area contributed by atoms with Crippen molar-refractivity contribution in [2.45, 2.75) is 11.1 Å². The second-order valence-electron chi connectivity index (χ2n) is 3.17. The van der Waals surface area contributed by atoms with E-state index in [1.807, 2.05) is 6.92 Å². The highest BCUT2D eigenvalue weighted by molar-refractivity contribution is 9.09. The van der Waals surface area contributed by atoms with E-state index in [-0.39, 0.29) is 10.1 Å². The van der Waals surface area contributed by atoms with E-state index in [4.69, 9.17) is 11.6 Å². The molecule has 1 aromatic heterocycles. The Morgan fingerprint density at radius 2 is 2.27 bits per heavy atom. The molecule has 1 atom stereocenters. The van der Waals surface area contributed by atoms with E-state index in [1.54, 1.807) is 6.07 Å². The minimum Gasteiger partial charge on any atom is -0.210 e. The summed E-state index contributed by atoms with van der Waals surface area (Å²) in [4.78, 5) is 0. The molecule has 3 nitrogen and oxygen atoms in total. The Morgan fingerprint density at radius 3 is 2.73 bits per heavy atom. The van der Waals surface area contributed by atoms with Crippen LogP contribution in [0.15, 0.2) is 16.3 Å². The fourth-order valence-electron chi connectivity index (χ4n) is 0.820. The highest BCUT2D eigenvalue weighted by Gasteiger charge is 2.16. The van der Waals surface area contributed by atoms with Crippen LogP contribution in [0.1, 0.15) is 6.92 Å². The zero-order valence-corrected chi connectivity index (χ0v) is 12.0. The number of hydrogen-bond donors (Lipinski definition) is 1. The van der Waals surface area contributed by atoms with E-state index in [2.05, 4.69) is 20.7 Å². The first-order valence-electron chi connectivity index (χ1n) is 4.26. The van der Waals surface area contributed by atoms with Crippen LogP contribution in [0.4, 0.5) is 0 Å².